The van der Waals surface area contributed by atoms with E-state index in [2.05, 4.69) is 40.7 Å². The number of pyridine rings is 1. The first-order valence-corrected chi connectivity index (χ1v) is 13.1. The lowest BCUT2D eigenvalue weighted by Gasteiger charge is -2.11. The van der Waals surface area contributed by atoms with E-state index in [-0.39, 0.29) is 18.0 Å². The maximum absolute atomic E-state index is 13.6. The van der Waals surface area contributed by atoms with Crippen LogP contribution in [0.15, 0.2) is 102 Å². The van der Waals surface area contributed by atoms with Crippen LogP contribution < -0.4 is 5.32 Å². The predicted molar refractivity (Wildman–Crippen MR) is 150 cm³/mol. The molecule has 0 aliphatic heterocycles. The Labute approximate surface area is 222 Å². The van der Waals surface area contributed by atoms with Crippen molar-refractivity contribution >= 4 is 39.5 Å². The summed E-state index contributed by atoms with van der Waals surface area (Å²) in [5.74, 6) is -1.19. The maximum atomic E-state index is 13.6. The molecule has 0 fully saturated rings. The fourth-order valence-corrected chi connectivity index (χ4v) is 5.35. The number of carbonyl (C=O) groups is 2. The molecule has 2 N–H and O–H groups in total. The van der Waals surface area contributed by atoms with Crippen LogP contribution in [0.5, 0.6) is 0 Å². The lowest BCUT2D eigenvalue weighted by atomic mass is 9.99. The highest BCUT2D eigenvalue weighted by molar-refractivity contribution is 7.08. The Hall–Kier alpha value is -4.75. The second kappa shape index (κ2) is 9.95. The largest absolute Gasteiger partial charge is 0.478 e. The number of hydrogen-bond acceptors (Lipinski definition) is 4. The van der Waals surface area contributed by atoms with Crippen molar-refractivity contribution in [3.8, 4) is 11.1 Å². The molecule has 0 atom stereocenters. The molecule has 6 nitrogen and oxygen atoms in total. The summed E-state index contributed by atoms with van der Waals surface area (Å²) in [4.78, 5) is 24.7. The fraction of sp³-hybridized carbons (Fsp3) is 0.0645. The maximum Gasteiger partial charge on any atom is 0.335 e. The molecule has 38 heavy (non-hydrogen) atoms. The molecule has 0 saturated carbocycles. The number of fused-ring (bicyclic) bond motifs is 2. The van der Waals surface area contributed by atoms with Crippen molar-refractivity contribution in [1.82, 2.24) is 14.9 Å². The van der Waals surface area contributed by atoms with Crippen LogP contribution >= 0.6 is 11.3 Å². The number of nitrogens with one attached hydrogen (secondary N) is 1. The normalized spacial score (nSPS) is 11.2. The number of rotatable bonds is 7. The van der Waals surface area contributed by atoms with Gasteiger partial charge in [-0.2, -0.15) is 16.4 Å². The summed E-state index contributed by atoms with van der Waals surface area (Å²) >= 11 is 1.60. The average molecular weight is 518 g/mol. The molecular weight excluding hydrogens is 494 g/mol. The number of carbonyl (C=O) groups excluding carboxylic acids is 1. The Morgan fingerprint density at radius 3 is 2.45 bits per heavy atom. The predicted octanol–water partition coefficient (Wildman–Crippen LogP) is 6.44. The van der Waals surface area contributed by atoms with Gasteiger partial charge in [-0.05, 0) is 62.5 Å². The zero-order chi connectivity index (χ0) is 26.1. The van der Waals surface area contributed by atoms with Crippen LogP contribution in [0.4, 0.5) is 0 Å². The number of hydrogen-bond donors (Lipinski definition) is 2. The van der Waals surface area contributed by atoms with E-state index in [1.807, 2.05) is 47.4 Å². The van der Waals surface area contributed by atoms with E-state index in [0.29, 0.717) is 12.0 Å². The van der Waals surface area contributed by atoms with E-state index in [4.69, 9.17) is 5.11 Å². The third kappa shape index (κ3) is 4.67. The Morgan fingerprint density at radius 1 is 0.895 bits per heavy atom. The van der Waals surface area contributed by atoms with Gasteiger partial charge < -0.3 is 10.4 Å². The van der Waals surface area contributed by atoms with E-state index < -0.39 is 5.97 Å². The van der Waals surface area contributed by atoms with E-state index in [1.54, 1.807) is 28.0 Å². The van der Waals surface area contributed by atoms with Crippen molar-refractivity contribution in [1.29, 1.82) is 0 Å². The van der Waals surface area contributed by atoms with Crippen LogP contribution in [-0.4, -0.2) is 26.6 Å². The molecule has 0 unspecified atom stereocenters. The van der Waals surface area contributed by atoms with Gasteiger partial charge in [0.15, 0.2) is 0 Å². The molecule has 6 aromatic rings. The lowest BCUT2D eigenvalue weighted by molar-refractivity contribution is 0.0696. The number of aromatic carboxylic acids is 1. The Bertz CT molecular complexity index is 1790. The molecular formula is C31H23N3O3S. The lowest BCUT2D eigenvalue weighted by Crippen LogP contribution is -2.23. The standard InChI is InChI=1S/C31H23N3O3S/c35-30(32-16-20-5-9-23(10-6-20)31(36)37)28-15-27(25-11-12-38-19-25)18-34-29(28)26(17-33-34)14-21-7-8-22-3-1-2-4-24(22)13-21/h1-13,15,17-19H,14,16H2,(H,32,35)(H,36,37). The summed E-state index contributed by atoms with van der Waals surface area (Å²) < 4.78 is 1.79. The number of benzene rings is 3. The fourth-order valence-electron chi connectivity index (χ4n) is 4.69. The molecule has 0 aliphatic carbocycles. The quantitative estimate of drug-likeness (QED) is 0.255. The summed E-state index contributed by atoms with van der Waals surface area (Å²) in [6.07, 6.45) is 4.44. The molecule has 3 heterocycles. The Kier molecular flexibility index (Phi) is 6.19. The van der Waals surface area contributed by atoms with Gasteiger partial charge in [0.1, 0.15) is 0 Å². The first kappa shape index (κ1) is 23.6. The van der Waals surface area contributed by atoms with E-state index in [1.165, 1.54) is 22.9 Å². The minimum atomic E-state index is -0.979. The summed E-state index contributed by atoms with van der Waals surface area (Å²) in [6.45, 7) is 0.279. The first-order chi connectivity index (χ1) is 18.5. The Morgan fingerprint density at radius 2 is 1.68 bits per heavy atom. The molecule has 0 aliphatic rings. The van der Waals surface area contributed by atoms with Crippen LogP contribution in [0.25, 0.3) is 27.4 Å². The molecule has 186 valence electrons. The summed E-state index contributed by atoms with van der Waals surface area (Å²) in [5, 5.41) is 23.2. The van der Waals surface area contributed by atoms with Crippen LogP contribution in [0, 0.1) is 0 Å². The Balaban J connectivity index is 1.35. The second-order valence-corrected chi connectivity index (χ2v) is 9.94. The van der Waals surface area contributed by atoms with Gasteiger partial charge in [0.25, 0.3) is 5.91 Å². The molecule has 0 bridgehead atoms. The van der Waals surface area contributed by atoms with Gasteiger partial charge in [0, 0.05) is 30.3 Å². The summed E-state index contributed by atoms with van der Waals surface area (Å²) in [5.41, 5.74) is 6.40. The molecule has 1 amide bonds. The highest BCUT2D eigenvalue weighted by atomic mass is 32.1. The first-order valence-electron chi connectivity index (χ1n) is 12.2. The third-order valence-corrected chi connectivity index (χ3v) is 7.33. The van der Waals surface area contributed by atoms with Crippen LogP contribution in [0.3, 0.4) is 0 Å². The van der Waals surface area contributed by atoms with Gasteiger partial charge >= 0.3 is 5.97 Å². The van der Waals surface area contributed by atoms with E-state index in [0.717, 1.165) is 33.3 Å². The highest BCUT2D eigenvalue weighted by Crippen LogP contribution is 2.28. The van der Waals surface area contributed by atoms with Crippen molar-refractivity contribution in [3.63, 3.8) is 0 Å². The van der Waals surface area contributed by atoms with Gasteiger partial charge in [-0.15, -0.1) is 0 Å². The average Bonchev–Trinajstić information content (AvgIpc) is 3.62. The minimum absolute atomic E-state index is 0.211. The van der Waals surface area contributed by atoms with Crippen molar-refractivity contribution in [2.24, 2.45) is 0 Å². The minimum Gasteiger partial charge on any atom is -0.478 e. The number of nitrogens with zero attached hydrogens (tertiary/aromatic N) is 2. The third-order valence-electron chi connectivity index (χ3n) is 6.65. The number of carboxylic acid groups (broad SMARTS) is 1. The summed E-state index contributed by atoms with van der Waals surface area (Å²) in [7, 11) is 0. The van der Waals surface area contributed by atoms with Crippen molar-refractivity contribution in [2.45, 2.75) is 13.0 Å². The summed E-state index contributed by atoms with van der Waals surface area (Å²) in [6, 6.07) is 25.1. The molecule has 0 spiro atoms. The number of carboxylic acids is 1. The van der Waals surface area contributed by atoms with Crippen LogP contribution in [0.1, 0.15) is 37.4 Å². The number of aromatic nitrogens is 2. The van der Waals surface area contributed by atoms with Crippen molar-refractivity contribution in [3.05, 3.63) is 130 Å². The van der Waals surface area contributed by atoms with Gasteiger partial charge in [-0.1, -0.05) is 54.6 Å². The van der Waals surface area contributed by atoms with Gasteiger partial charge in [0.05, 0.1) is 22.8 Å². The van der Waals surface area contributed by atoms with E-state index >= 15 is 0 Å². The molecule has 3 aromatic heterocycles. The van der Waals surface area contributed by atoms with Gasteiger partial charge in [0.2, 0.25) is 0 Å². The number of thiophene rings is 1. The molecule has 0 saturated heterocycles. The second-order valence-electron chi connectivity index (χ2n) is 9.16. The molecule has 0 radical (unpaired) electrons. The topological polar surface area (TPSA) is 83.7 Å². The van der Waals surface area contributed by atoms with Crippen LogP contribution in [0.2, 0.25) is 0 Å². The molecule has 6 rings (SSSR count). The van der Waals surface area contributed by atoms with E-state index in [9.17, 15) is 9.59 Å². The molecule has 7 heteroatoms. The van der Waals surface area contributed by atoms with Gasteiger partial charge in [-0.3, -0.25) is 4.79 Å². The SMILES string of the molecule is O=C(O)c1ccc(CNC(=O)c2cc(-c3ccsc3)cn3ncc(Cc4ccc5ccccc5c4)c23)cc1. The van der Waals surface area contributed by atoms with Crippen molar-refractivity contribution in [2.75, 3.05) is 0 Å². The zero-order valence-electron chi connectivity index (χ0n) is 20.3. The smallest absolute Gasteiger partial charge is 0.335 e. The van der Waals surface area contributed by atoms with Crippen LogP contribution in [-0.2, 0) is 13.0 Å². The highest BCUT2D eigenvalue weighted by Gasteiger charge is 2.18. The van der Waals surface area contributed by atoms with Crippen molar-refractivity contribution < 1.29 is 14.7 Å². The monoisotopic (exact) mass is 517 g/mol. The number of amides is 1. The molecule has 3 aromatic carbocycles. The van der Waals surface area contributed by atoms with Gasteiger partial charge in [-0.25, -0.2) is 9.31 Å². The zero-order valence-corrected chi connectivity index (χ0v) is 21.1.